The number of nitrogens with one attached hydrogen (secondary N) is 1. The van der Waals surface area contributed by atoms with Crippen molar-refractivity contribution in [2.24, 2.45) is 0 Å². The van der Waals surface area contributed by atoms with Gasteiger partial charge in [-0.15, -0.1) is 11.6 Å². The summed E-state index contributed by atoms with van der Waals surface area (Å²) in [6.07, 6.45) is 0. The van der Waals surface area contributed by atoms with Crippen molar-refractivity contribution in [3.63, 3.8) is 0 Å². The van der Waals surface area contributed by atoms with Crippen molar-refractivity contribution >= 4 is 23.2 Å². The van der Waals surface area contributed by atoms with E-state index < -0.39 is 0 Å². The van der Waals surface area contributed by atoms with E-state index in [0.29, 0.717) is 11.3 Å². The second-order valence-corrected chi connectivity index (χ2v) is 3.06. The third-order valence-electron chi connectivity index (χ3n) is 1.78. The molecule has 0 aromatic heterocycles. The number of nitrogens with zero attached hydrogens (tertiary/aromatic N) is 1. The Morgan fingerprint density at radius 3 is 2.93 bits per heavy atom. The molecule has 3 nitrogen and oxygen atoms in total. The van der Waals surface area contributed by atoms with E-state index in [1.54, 1.807) is 12.1 Å². The topological polar surface area (TPSA) is 52.9 Å². The zero-order chi connectivity index (χ0) is 10.6. The molecule has 1 amide bonds. The first-order chi connectivity index (χ1) is 6.69. The Bertz CT molecular complexity index is 396. The molecule has 0 bridgehead atoms. The highest BCUT2D eigenvalue weighted by Gasteiger charge is 2.07. The van der Waals surface area contributed by atoms with Crippen LogP contribution < -0.4 is 5.32 Å². The number of alkyl halides is 1. The first-order valence-corrected chi connectivity index (χ1v) is 4.58. The summed E-state index contributed by atoms with van der Waals surface area (Å²) in [7, 11) is 0. The Kier molecular flexibility index (Phi) is 3.49. The largest absolute Gasteiger partial charge is 0.324 e. The molecule has 14 heavy (non-hydrogen) atoms. The molecule has 72 valence electrons. The lowest BCUT2D eigenvalue weighted by atomic mass is 10.1. The number of carbonyl (C=O) groups excluding carboxylic acids is 1. The smallest absolute Gasteiger partial charge is 0.239 e. The highest BCUT2D eigenvalue weighted by molar-refractivity contribution is 6.29. The average Bonchev–Trinajstić information content (AvgIpc) is 2.20. The molecular formula is C10H9ClN2O. The number of para-hydroxylation sites is 1. The Hall–Kier alpha value is -1.53. The minimum atomic E-state index is -0.308. The summed E-state index contributed by atoms with van der Waals surface area (Å²) >= 11 is 5.35. The van der Waals surface area contributed by atoms with Crippen molar-refractivity contribution < 1.29 is 4.79 Å². The van der Waals surface area contributed by atoms with Crippen molar-refractivity contribution in [2.45, 2.75) is 6.92 Å². The quantitative estimate of drug-likeness (QED) is 0.757. The monoisotopic (exact) mass is 208 g/mol. The van der Waals surface area contributed by atoms with E-state index in [1.807, 2.05) is 19.1 Å². The standard InChI is InChI=1S/C10H9ClN2O/c1-7-3-2-4-8(6-12)10(7)13-9(14)5-11/h2-4H,5H2,1H3,(H,13,14). The molecule has 0 aliphatic rings. The molecule has 1 aromatic rings. The average molecular weight is 209 g/mol. The van der Waals surface area contributed by atoms with Gasteiger partial charge in [-0.05, 0) is 18.6 Å². The van der Waals surface area contributed by atoms with E-state index in [-0.39, 0.29) is 11.8 Å². The molecule has 0 unspecified atom stereocenters. The van der Waals surface area contributed by atoms with Crippen LogP contribution in [0.15, 0.2) is 18.2 Å². The normalized spacial score (nSPS) is 9.21. The highest BCUT2D eigenvalue weighted by Crippen LogP contribution is 2.19. The fourth-order valence-electron chi connectivity index (χ4n) is 1.10. The predicted octanol–water partition coefficient (Wildman–Crippen LogP) is 2.04. The van der Waals surface area contributed by atoms with Gasteiger partial charge < -0.3 is 5.32 Å². The van der Waals surface area contributed by atoms with Gasteiger partial charge in [-0.2, -0.15) is 5.26 Å². The van der Waals surface area contributed by atoms with Gasteiger partial charge in [-0.1, -0.05) is 12.1 Å². The van der Waals surface area contributed by atoms with Gasteiger partial charge in [0.25, 0.3) is 0 Å². The van der Waals surface area contributed by atoms with E-state index >= 15 is 0 Å². The van der Waals surface area contributed by atoms with Crippen LogP contribution in [0.25, 0.3) is 0 Å². The van der Waals surface area contributed by atoms with E-state index in [9.17, 15) is 4.79 Å². The number of carbonyl (C=O) groups is 1. The summed E-state index contributed by atoms with van der Waals surface area (Å²) in [5.74, 6) is -0.420. The Labute approximate surface area is 87.3 Å². The highest BCUT2D eigenvalue weighted by atomic mass is 35.5. The zero-order valence-electron chi connectivity index (χ0n) is 7.67. The van der Waals surface area contributed by atoms with Crippen LogP contribution in [-0.4, -0.2) is 11.8 Å². The van der Waals surface area contributed by atoms with Crippen LogP contribution in [0.4, 0.5) is 5.69 Å². The molecule has 0 aliphatic heterocycles. The summed E-state index contributed by atoms with van der Waals surface area (Å²) in [5.41, 5.74) is 1.84. The lowest BCUT2D eigenvalue weighted by Crippen LogP contribution is -2.14. The molecule has 1 N–H and O–H groups in total. The van der Waals surface area contributed by atoms with Crippen molar-refractivity contribution in [2.75, 3.05) is 11.2 Å². The molecule has 1 rings (SSSR count). The van der Waals surface area contributed by atoms with Crippen LogP contribution >= 0.6 is 11.6 Å². The van der Waals surface area contributed by atoms with Gasteiger partial charge in [0.15, 0.2) is 0 Å². The van der Waals surface area contributed by atoms with Crippen molar-refractivity contribution in [1.82, 2.24) is 0 Å². The van der Waals surface area contributed by atoms with E-state index in [1.165, 1.54) is 0 Å². The summed E-state index contributed by atoms with van der Waals surface area (Å²) in [5, 5.41) is 11.4. The molecule has 0 spiro atoms. The van der Waals surface area contributed by atoms with Gasteiger partial charge >= 0.3 is 0 Å². The summed E-state index contributed by atoms with van der Waals surface area (Å²) in [4.78, 5) is 11.0. The number of rotatable bonds is 2. The number of hydrogen-bond acceptors (Lipinski definition) is 2. The molecule has 4 heteroatoms. The molecule has 0 saturated heterocycles. The lowest BCUT2D eigenvalue weighted by molar-refractivity contribution is -0.113. The van der Waals surface area contributed by atoms with Crippen molar-refractivity contribution in [3.8, 4) is 6.07 Å². The number of amides is 1. The number of halogens is 1. The van der Waals surface area contributed by atoms with Crippen LogP contribution in [0.3, 0.4) is 0 Å². The molecule has 0 fully saturated rings. The Morgan fingerprint density at radius 1 is 1.64 bits per heavy atom. The van der Waals surface area contributed by atoms with Crippen LogP contribution in [-0.2, 0) is 4.79 Å². The van der Waals surface area contributed by atoms with Crippen LogP contribution in [0.2, 0.25) is 0 Å². The first-order valence-electron chi connectivity index (χ1n) is 4.04. The number of benzene rings is 1. The Morgan fingerprint density at radius 2 is 2.36 bits per heavy atom. The first kappa shape index (κ1) is 10.6. The van der Waals surface area contributed by atoms with Gasteiger partial charge in [-0.3, -0.25) is 4.79 Å². The number of nitriles is 1. The zero-order valence-corrected chi connectivity index (χ0v) is 8.43. The minimum absolute atomic E-state index is 0.112. The summed E-state index contributed by atoms with van der Waals surface area (Å²) in [6, 6.07) is 7.25. The SMILES string of the molecule is Cc1cccc(C#N)c1NC(=O)CCl. The molecule has 0 atom stereocenters. The second kappa shape index (κ2) is 4.64. The van der Waals surface area contributed by atoms with Gasteiger partial charge in [0, 0.05) is 0 Å². The number of anilines is 1. The molecular weight excluding hydrogens is 200 g/mol. The third-order valence-corrected chi connectivity index (χ3v) is 2.02. The third kappa shape index (κ3) is 2.24. The maximum Gasteiger partial charge on any atom is 0.239 e. The van der Waals surface area contributed by atoms with Gasteiger partial charge in [-0.25, -0.2) is 0 Å². The molecule has 1 aromatic carbocycles. The molecule has 0 radical (unpaired) electrons. The van der Waals surface area contributed by atoms with Crippen molar-refractivity contribution in [1.29, 1.82) is 5.26 Å². The van der Waals surface area contributed by atoms with Gasteiger partial charge in [0.2, 0.25) is 5.91 Å². The van der Waals surface area contributed by atoms with E-state index in [4.69, 9.17) is 16.9 Å². The number of hydrogen-bond donors (Lipinski definition) is 1. The van der Waals surface area contributed by atoms with E-state index in [0.717, 1.165) is 5.56 Å². The second-order valence-electron chi connectivity index (χ2n) is 2.79. The lowest BCUT2D eigenvalue weighted by Gasteiger charge is -2.08. The van der Waals surface area contributed by atoms with Crippen LogP contribution in [0.1, 0.15) is 11.1 Å². The molecule has 0 saturated carbocycles. The van der Waals surface area contributed by atoms with Gasteiger partial charge in [0.1, 0.15) is 11.9 Å². The van der Waals surface area contributed by atoms with Gasteiger partial charge in [0.05, 0.1) is 11.3 Å². The van der Waals surface area contributed by atoms with E-state index in [2.05, 4.69) is 5.32 Å². The number of aryl methyl sites for hydroxylation is 1. The fraction of sp³-hybridized carbons (Fsp3) is 0.200. The van der Waals surface area contributed by atoms with Crippen molar-refractivity contribution in [3.05, 3.63) is 29.3 Å². The molecule has 0 heterocycles. The summed E-state index contributed by atoms with van der Waals surface area (Å²) in [6.45, 7) is 1.82. The molecule has 0 aliphatic carbocycles. The maximum atomic E-state index is 11.0. The Balaban J connectivity index is 3.06. The van der Waals surface area contributed by atoms with Crippen LogP contribution in [0, 0.1) is 18.3 Å². The van der Waals surface area contributed by atoms with Crippen LogP contribution in [0.5, 0.6) is 0 Å². The summed E-state index contributed by atoms with van der Waals surface area (Å²) < 4.78 is 0. The predicted molar refractivity (Wildman–Crippen MR) is 55.2 cm³/mol. The minimum Gasteiger partial charge on any atom is -0.324 e. The fourth-order valence-corrected chi connectivity index (χ4v) is 1.17. The maximum absolute atomic E-state index is 11.0.